The normalized spacial score (nSPS) is 12.1. The smallest absolute Gasteiger partial charge is 0.324 e. The Morgan fingerprint density at radius 3 is 2.24 bits per heavy atom. The Morgan fingerprint density at radius 1 is 1.14 bits per heavy atom. The molecule has 21 heavy (non-hydrogen) atoms. The molecular weight excluding hydrogens is 281 g/mol. The van der Waals surface area contributed by atoms with Gasteiger partial charge in [0.15, 0.2) is 5.82 Å². The summed E-state index contributed by atoms with van der Waals surface area (Å²) in [6.45, 7) is 4.98. The molecule has 0 saturated heterocycles. The van der Waals surface area contributed by atoms with Crippen molar-refractivity contribution in [3.8, 4) is 11.4 Å². The van der Waals surface area contributed by atoms with Gasteiger partial charge in [0.25, 0.3) is 0 Å². The summed E-state index contributed by atoms with van der Waals surface area (Å²) in [7, 11) is 0. The van der Waals surface area contributed by atoms with Crippen LogP contribution in [0.3, 0.4) is 0 Å². The molecule has 0 saturated carbocycles. The van der Waals surface area contributed by atoms with E-state index in [4.69, 9.17) is 5.73 Å². The van der Waals surface area contributed by atoms with E-state index >= 15 is 0 Å². The minimum atomic E-state index is -4.34. The predicted octanol–water partition coefficient (Wildman–Crippen LogP) is 3.08. The van der Waals surface area contributed by atoms with Crippen molar-refractivity contribution in [3.05, 3.63) is 35.7 Å². The minimum absolute atomic E-state index is 0.236. The number of nitrogens with zero attached hydrogens (tertiary/aromatic N) is 3. The fourth-order valence-corrected chi connectivity index (χ4v) is 2.07. The van der Waals surface area contributed by atoms with Crippen LogP contribution in [0.1, 0.15) is 25.2 Å². The Bertz CT molecular complexity index is 600. The van der Waals surface area contributed by atoms with Crippen molar-refractivity contribution in [2.24, 2.45) is 11.7 Å². The first-order chi connectivity index (χ1) is 9.82. The second-order valence-corrected chi connectivity index (χ2v) is 5.22. The van der Waals surface area contributed by atoms with Crippen LogP contribution >= 0.6 is 0 Å². The summed E-state index contributed by atoms with van der Waals surface area (Å²) in [4.78, 5) is 0. The van der Waals surface area contributed by atoms with E-state index in [1.807, 2.05) is 18.4 Å². The zero-order valence-corrected chi connectivity index (χ0v) is 11.9. The maximum Gasteiger partial charge on any atom is 0.416 e. The summed E-state index contributed by atoms with van der Waals surface area (Å²) in [5.41, 5.74) is 5.54. The van der Waals surface area contributed by atoms with E-state index in [1.54, 1.807) is 0 Å². The lowest BCUT2D eigenvalue weighted by atomic mass is 10.1. The Hall–Kier alpha value is -1.89. The molecule has 0 atom stereocenters. The van der Waals surface area contributed by atoms with Gasteiger partial charge in [-0.25, -0.2) is 0 Å². The molecule has 4 nitrogen and oxygen atoms in total. The maximum atomic E-state index is 12.6. The van der Waals surface area contributed by atoms with Crippen LogP contribution in [0.25, 0.3) is 11.4 Å². The van der Waals surface area contributed by atoms with Crippen molar-refractivity contribution in [3.63, 3.8) is 0 Å². The van der Waals surface area contributed by atoms with Crippen LogP contribution in [0.15, 0.2) is 24.3 Å². The highest BCUT2D eigenvalue weighted by molar-refractivity contribution is 5.56. The molecule has 1 aromatic carbocycles. The second kappa shape index (κ2) is 5.85. The van der Waals surface area contributed by atoms with E-state index in [0.29, 0.717) is 29.7 Å². The van der Waals surface area contributed by atoms with Gasteiger partial charge in [0.2, 0.25) is 0 Å². The quantitative estimate of drug-likeness (QED) is 0.943. The Kier molecular flexibility index (Phi) is 4.32. The first-order valence-corrected chi connectivity index (χ1v) is 6.62. The van der Waals surface area contributed by atoms with Gasteiger partial charge in [-0.3, -0.25) is 0 Å². The van der Waals surface area contributed by atoms with E-state index in [2.05, 4.69) is 10.2 Å². The first kappa shape index (κ1) is 15.5. The van der Waals surface area contributed by atoms with Crippen LogP contribution in [0.5, 0.6) is 0 Å². The molecule has 0 aliphatic carbocycles. The molecule has 0 spiro atoms. The van der Waals surface area contributed by atoms with Crippen LogP contribution in [0.2, 0.25) is 0 Å². The third kappa shape index (κ3) is 3.41. The standard InChI is InChI=1S/C14H17F3N4/c1-9(2)8-21-12(7-18)19-20-13(21)10-3-5-11(6-4-10)14(15,16)17/h3-6,9H,7-8,18H2,1-2H3. The highest BCUT2D eigenvalue weighted by atomic mass is 19.4. The topological polar surface area (TPSA) is 56.7 Å². The average molecular weight is 298 g/mol. The summed E-state index contributed by atoms with van der Waals surface area (Å²) in [6, 6.07) is 4.91. The number of alkyl halides is 3. The predicted molar refractivity (Wildman–Crippen MR) is 73.2 cm³/mol. The van der Waals surface area contributed by atoms with Crippen molar-refractivity contribution >= 4 is 0 Å². The molecular formula is C14H17F3N4. The summed E-state index contributed by atoms with van der Waals surface area (Å²) >= 11 is 0. The van der Waals surface area contributed by atoms with Crippen LogP contribution in [-0.2, 0) is 19.3 Å². The zero-order valence-electron chi connectivity index (χ0n) is 11.9. The molecule has 1 aromatic heterocycles. The molecule has 2 aromatic rings. The zero-order chi connectivity index (χ0) is 15.6. The summed E-state index contributed by atoms with van der Waals surface area (Å²) in [6.07, 6.45) is -4.34. The molecule has 0 radical (unpaired) electrons. The van der Waals surface area contributed by atoms with Gasteiger partial charge in [-0.15, -0.1) is 10.2 Å². The van der Waals surface area contributed by atoms with Gasteiger partial charge in [0.1, 0.15) is 5.82 Å². The SMILES string of the molecule is CC(C)Cn1c(CN)nnc1-c1ccc(C(F)(F)F)cc1. The van der Waals surface area contributed by atoms with Gasteiger partial charge in [0.05, 0.1) is 12.1 Å². The van der Waals surface area contributed by atoms with E-state index in [9.17, 15) is 13.2 Å². The lowest BCUT2D eigenvalue weighted by Crippen LogP contribution is -2.13. The summed E-state index contributed by atoms with van der Waals surface area (Å²) in [5.74, 6) is 1.51. The molecule has 114 valence electrons. The van der Waals surface area contributed by atoms with Crippen molar-refractivity contribution < 1.29 is 13.2 Å². The number of rotatable bonds is 4. The van der Waals surface area contributed by atoms with Crippen LogP contribution in [0, 0.1) is 5.92 Å². The lowest BCUT2D eigenvalue weighted by molar-refractivity contribution is -0.137. The van der Waals surface area contributed by atoms with E-state index in [0.717, 1.165) is 12.1 Å². The van der Waals surface area contributed by atoms with Crippen molar-refractivity contribution in [2.45, 2.75) is 33.1 Å². The van der Waals surface area contributed by atoms with Gasteiger partial charge in [-0.2, -0.15) is 13.2 Å². The largest absolute Gasteiger partial charge is 0.416 e. The Labute approximate surface area is 120 Å². The number of hydrogen-bond donors (Lipinski definition) is 1. The van der Waals surface area contributed by atoms with Crippen LogP contribution < -0.4 is 5.73 Å². The third-order valence-corrected chi connectivity index (χ3v) is 3.03. The molecule has 0 bridgehead atoms. The fraction of sp³-hybridized carbons (Fsp3) is 0.429. The maximum absolute atomic E-state index is 12.6. The molecule has 0 aliphatic heterocycles. The van der Waals surface area contributed by atoms with Crippen molar-refractivity contribution in [1.29, 1.82) is 0 Å². The van der Waals surface area contributed by atoms with E-state index < -0.39 is 11.7 Å². The number of halogens is 3. The summed E-state index contributed by atoms with van der Waals surface area (Å²) in [5, 5.41) is 8.05. The number of nitrogens with two attached hydrogens (primary N) is 1. The number of hydrogen-bond acceptors (Lipinski definition) is 3. The second-order valence-electron chi connectivity index (χ2n) is 5.22. The molecule has 0 fully saturated rings. The van der Waals surface area contributed by atoms with Crippen molar-refractivity contribution in [2.75, 3.05) is 0 Å². The minimum Gasteiger partial charge on any atom is -0.324 e. The highest BCUT2D eigenvalue weighted by Gasteiger charge is 2.30. The molecule has 0 unspecified atom stereocenters. The monoisotopic (exact) mass is 298 g/mol. The Morgan fingerprint density at radius 2 is 1.76 bits per heavy atom. The van der Waals surface area contributed by atoms with Gasteiger partial charge in [-0.1, -0.05) is 26.0 Å². The lowest BCUT2D eigenvalue weighted by Gasteiger charge is -2.12. The van der Waals surface area contributed by atoms with Gasteiger partial charge in [-0.05, 0) is 18.1 Å². The van der Waals surface area contributed by atoms with Gasteiger partial charge >= 0.3 is 6.18 Å². The molecule has 7 heteroatoms. The van der Waals surface area contributed by atoms with Crippen LogP contribution in [-0.4, -0.2) is 14.8 Å². The molecule has 2 N–H and O–H groups in total. The third-order valence-electron chi connectivity index (χ3n) is 3.03. The fourth-order valence-electron chi connectivity index (χ4n) is 2.07. The highest BCUT2D eigenvalue weighted by Crippen LogP contribution is 2.30. The van der Waals surface area contributed by atoms with Crippen LogP contribution in [0.4, 0.5) is 13.2 Å². The molecule has 1 heterocycles. The number of benzene rings is 1. The van der Waals surface area contributed by atoms with E-state index in [1.165, 1.54) is 12.1 Å². The first-order valence-electron chi connectivity index (χ1n) is 6.62. The van der Waals surface area contributed by atoms with Gasteiger partial charge in [0, 0.05) is 12.1 Å². The molecule has 2 rings (SSSR count). The van der Waals surface area contributed by atoms with Crippen molar-refractivity contribution in [1.82, 2.24) is 14.8 Å². The van der Waals surface area contributed by atoms with Gasteiger partial charge < -0.3 is 10.3 Å². The average Bonchev–Trinajstić information content (AvgIpc) is 2.80. The summed E-state index contributed by atoms with van der Waals surface area (Å²) < 4.78 is 39.6. The number of aromatic nitrogens is 3. The molecule has 0 amide bonds. The van der Waals surface area contributed by atoms with E-state index in [-0.39, 0.29) is 6.54 Å². The molecule has 0 aliphatic rings. The Balaban J connectivity index is 2.40.